The quantitative estimate of drug-likeness (QED) is 0.177. The van der Waals surface area contributed by atoms with Crippen LogP contribution in [0.25, 0.3) is 50.0 Å². The topological polar surface area (TPSA) is 82.3 Å². The van der Waals surface area contributed by atoms with E-state index in [-0.39, 0.29) is 5.82 Å². The maximum atomic E-state index is 13.5. The van der Waals surface area contributed by atoms with Crippen molar-refractivity contribution in [3.63, 3.8) is 0 Å². The monoisotopic (exact) mass is 530 g/mol. The summed E-state index contributed by atoms with van der Waals surface area (Å²) in [4.78, 5) is 12.7. The molecule has 0 bridgehead atoms. The summed E-state index contributed by atoms with van der Waals surface area (Å²) in [5.41, 5.74) is 8.81. The van der Waals surface area contributed by atoms with Crippen molar-refractivity contribution in [3.8, 4) is 22.5 Å². The number of halogens is 1. The molecule has 40 heavy (non-hydrogen) atoms. The molecule has 1 fully saturated rings. The first-order chi connectivity index (χ1) is 19.5. The highest BCUT2D eigenvalue weighted by Crippen LogP contribution is 2.34. The molecule has 0 radical (unpaired) electrons. The summed E-state index contributed by atoms with van der Waals surface area (Å²) >= 11 is 0. The van der Waals surface area contributed by atoms with Gasteiger partial charge in [-0.3, -0.25) is 10.1 Å². The minimum absolute atomic E-state index is 0.263. The predicted molar refractivity (Wildman–Crippen MR) is 161 cm³/mol. The number of rotatable bonds is 8. The highest BCUT2D eigenvalue weighted by molar-refractivity contribution is 6.00. The van der Waals surface area contributed by atoms with Crippen LogP contribution in [0.5, 0.6) is 0 Å². The van der Waals surface area contributed by atoms with E-state index in [2.05, 4.69) is 44.7 Å². The number of allylic oxidation sites excluding steroid dienone is 5. The van der Waals surface area contributed by atoms with Gasteiger partial charge in [-0.2, -0.15) is 5.10 Å². The smallest absolute Gasteiger partial charge is 0.138 e. The Kier molecular flexibility index (Phi) is 6.86. The van der Waals surface area contributed by atoms with Crippen LogP contribution in [0, 0.1) is 11.7 Å². The molecule has 4 heterocycles. The number of fused-ring (bicyclic) bond motifs is 2. The van der Waals surface area contributed by atoms with E-state index in [0.29, 0.717) is 5.92 Å². The van der Waals surface area contributed by atoms with Crippen molar-refractivity contribution < 1.29 is 4.39 Å². The SMILES string of the molecule is C=C/C(=C\C(=C/C)c1cc2c(-c3cc4c(-c5ccc(F)cc5)ccnc4[nH]3)n[nH]c2cn1)NC(=C)C1CCCC1. The molecule has 1 saturated carbocycles. The zero-order valence-corrected chi connectivity index (χ0v) is 22.5. The fraction of sp³-hybridized carbons (Fsp3) is 0.182. The summed E-state index contributed by atoms with van der Waals surface area (Å²) < 4.78 is 13.5. The van der Waals surface area contributed by atoms with Gasteiger partial charge in [0.25, 0.3) is 0 Å². The third-order valence-electron chi connectivity index (χ3n) is 7.68. The van der Waals surface area contributed by atoms with Crippen LogP contribution in [0.3, 0.4) is 0 Å². The number of aromatic amines is 2. The van der Waals surface area contributed by atoms with Crippen molar-refractivity contribution in [1.29, 1.82) is 0 Å². The normalized spacial score (nSPS) is 14.8. The van der Waals surface area contributed by atoms with Crippen LogP contribution in [0.2, 0.25) is 0 Å². The fourth-order valence-corrected chi connectivity index (χ4v) is 5.50. The van der Waals surface area contributed by atoms with Gasteiger partial charge in [-0.1, -0.05) is 44.2 Å². The molecule has 6 rings (SSSR count). The molecule has 200 valence electrons. The third kappa shape index (κ3) is 4.86. The molecule has 0 saturated heterocycles. The Morgan fingerprint density at radius 1 is 1.07 bits per heavy atom. The molecule has 1 aromatic carbocycles. The first kappa shape index (κ1) is 25.5. The number of nitrogens with zero attached hydrogens (tertiary/aromatic N) is 3. The first-order valence-corrected chi connectivity index (χ1v) is 13.6. The second-order valence-electron chi connectivity index (χ2n) is 10.2. The number of benzene rings is 1. The maximum absolute atomic E-state index is 13.5. The van der Waals surface area contributed by atoms with Crippen LogP contribution in [0.15, 0.2) is 97.6 Å². The number of hydrogen-bond donors (Lipinski definition) is 3. The highest BCUT2D eigenvalue weighted by atomic mass is 19.1. The average Bonchev–Trinajstić information content (AvgIpc) is 3.74. The zero-order chi connectivity index (χ0) is 27.6. The summed E-state index contributed by atoms with van der Waals surface area (Å²) in [6, 6.07) is 12.5. The first-order valence-electron chi connectivity index (χ1n) is 13.6. The number of H-pyrrole nitrogens is 2. The molecule has 1 aliphatic carbocycles. The third-order valence-corrected chi connectivity index (χ3v) is 7.68. The molecular weight excluding hydrogens is 499 g/mol. The van der Waals surface area contributed by atoms with Crippen molar-refractivity contribution in [2.24, 2.45) is 5.92 Å². The van der Waals surface area contributed by atoms with Crippen molar-refractivity contribution in [2.75, 3.05) is 0 Å². The lowest BCUT2D eigenvalue weighted by Crippen LogP contribution is -2.16. The zero-order valence-electron chi connectivity index (χ0n) is 22.5. The number of aromatic nitrogens is 5. The second kappa shape index (κ2) is 10.8. The number of pyridine rings is 2. The Labute approximate surface area is 232 Å². The van der Waals surface area contributed by atoms with E-state index in [9.17, 15) is 4.39 Å². The van der Waals surface area contributed by atoms with Crippen LogP contribution in [0.4, 0.5) is 4.39 Å². The lowest BCUT2D eigenvalue weighted by atomic mass is 10.0. The van der Waals surface area contributed by atoms with Crippen LogP contribution in [-0.4, -0.2) is 25.1 Å². The van der Waals surface area contributed by atoms with Gasteiger partial charge in [-0.15, -0.1) is 0 Å². The van der Waals surface area contributed by atoms with Crippen LogP contribution in [0.1, 0.15) is 38.3 Å². The van der Waals surface area contributed by atoms with E-state index < -0.39 is 0 Å². The van der Waals surface area contributed by atoms with Gasteiger partial charge in [0.05, 0.1) is 23.1 Å². The van der Waals surface area contributed by atoms with E-state index in [1.165, 1.54) is 37.8 Å². The Hall–Kier alpha value is -4.78. The molecule has 0 atom stereocenters. The van der Waals surface area contributed by atoms with Crippen LogP contribution in [-0.2, 0) is 0 Å². The fourth-order valence-electron chi connectivity index (χ4n) is 5.50. The van der Waals surface area contributed by atoms with Gasteiger partial charge < -0.3 is 10.3 Å². The predicted octanol–water partition coefficient (Wildman–Crippen LogP) is 8.07. The van der Waals surface area contributed by atoms with E-state index >= 15 is 0 Å². The highest BCUT2D eigenvalue weighted by Gasteiger charge is 2.19. The van der Waals surface area contributed by atoms with Gasteiger partial charge >= 0.3 is 0 Å². The number of hydrogen-bond acceptors (Lipinski definition) is 4. The van der Waals surface area contributed by atoms with Crippen molar-refractivity contribution in [2.45, 2.75) is 32.6 Å². The van der Waals surface area contributed by atoms with E-state index in [4.69, 9.17) is 4.98 Å². The Bertz CT molecular complexity index is 1780. The summed E-state index contributed by atoms with van der Waals surface area (Å²) in [7, 11) is 0. The van der Waals surface area contributed by atoms with Gasteiger partial charge in [-0.05, 0) is 84.9 Å². The molecule has 5 aromatic rings. The molecule has 0 spiro atoms. The van der Waals surface area contributed by atoms with E-state index in [1.54, 1.807) is 18.3 Å². The molecule has 0 amide bonds. The molecule has 3 N–H and O–H groups in total. The van der Waals surface area contributed by atoms with Gasteiger partial charge in [0, 0.05) is 28.4 Å². The number of nitrogens with one attached hydrogen (secondary N) is 3. The van der Waals surface area contributed by atoms with Gasteiger partial charge in [0.1, 0.15) is 17.2 Å². The Morgan fingerprint density at radius 2 is 1.88 bits per heavy atom. The Balaban J connectivity index is 1.35. The minimum atomic E-state index is -0.263. The molecule has 0 aliphatic heterocycles. The summed E-state index contributed by atoms with van der Waals surface area (Å²) in [5, 5.41) is 13.1. The van der Waals surface area contributed by atoms with Crippen LogP contribution < -0.4 is 5.32 Å². The molecule has 7 heteroatoms. The van der Waals surface area contributed by atoms with E-state index in [1.807, 2.05) is 43.5 Å². The van der Waals surface area contributed by atoms with Crippen molar-refractivity contribution in [3.05, 3.63) is 109 Å². The van der Waals surface area contributed by atoms with Crippen molar-refractivity contribution >= 4 is 27.5 Å². The van der Waals surface area contributed by atoms with Gasteiger partial charge in [-0.25, -0.2) is 9.37 Å². The molecule has 1 aliphatic rings. The lowest BCUT2D eigenvalue weighted by molar-refractivity contribution is 0.607. The molecule has 0 unspecified atom stereocenters. The molecule has 6 nitrogen and oxygen atoms in total. The standard InChI is InChI=1S/C33H31FN6/c1-4-21(16-25(5-2)37-20(3)22-8-6-7-9-22)29-18-28-31(19-36-29)39-40-32(28)30-17-27-26(14-15-35-33(27)38-30)23-10-12-24(34)13-11-23/h4-5,10-19,22,37H,2-3,6-9H2,1H3,(H,35,38)(H,39,40)/b21-4+,25-16+. The van der Waals surface area contributed by atoms with E-state index in [0.717, 1.165) is 67.1 Å². The molecular formula is C33H31FN6. The lowest BCUT2D eigenvalue weighted by Gasteiger charge is -2.16. The summed E-state index contributed by atoms with van der Waals surface area (Å²) in [5.74, 6) is 0.246. The summed E-state index contributed by atoms with van der Waals surface area (Å²) in [6.07, 6.45) is 14.4. The maximum Gasteiger partial charge on any atom is 0.138 e. The van der Waals surface area contributed by atoms with Gasteiger partial charge in [0.15, 0.2) is 0 Å². The average molecular weight is 531 g/mol. The Morgan fingerprint density at radius 3 is 2.62 bits per heavy atom. The largest absolute Gasteiger partial charge is 0.359 e. The minimum Gasteiger partial charge on any atom is -0.359 e. The summed E-state index contributed by atoms with van der Waals surface area (Å²) in [6.45, 7) is 10.3. The van der Waals surface area contributed by atoms with Crippen molar-refractivity contribution in [1.82, 2.24) is 30.5 Å². The van der Waals surface area contributed by atoms with Gasteiger partial charge in [0.2, 0.25) is 0 Å². The second-order valence-corrected chi connectivity index (χ2v) is 10.2. The molecule has 4 aromatic heterocycles. The van der Waals surface area contributed by atoms with Crippen LogP contribution >= 0.6 is 0 Å².